The van der Waals surface area contributed by atoms with Crippen molar-refractivity contribution in [2.75, 3.05) is 9.80 Å². The molecule has 3 heterocycles. The van der Waals surface area contributed by atoms with E-state index in [0.29, 0.717) is 0 Å². The van der Waals surface area contributed by atoms with E-state index in [9.17, 15) is 0 Å². The summed E-state index contributed by atoms with van der Waals surface area (Å²) in [4.78, 5) is 5.27. The molecule has 12 rings (SSSR count). The van der Waals surface area contributed by atoms with Gasteiger partial charge in [-0.2, -0.15) is 0 Å². The van der Waals surface area contributed by atoms with E-state index in [4.69, 9.17) is 4.42 Å². The second-order valence-corrected chi connectivity index (χ2v) is 24.4. The van der Waals surface area contributed by atoms with E-state index < -0.39 is 0 Å². The number of benzene rings is 7. The van der Waals surface area contributed by atoms with E-state index in [-0.39, 0.29) is 33.8 Å². The zero-order valence-corrected chi connectivity index (χ0v) is 41.8. The van der Waals surface area contributed by atoms with E-state index in [1.807, 2.05) is 6.07 Å². The van der Waals surface area contributed by atoms with E-state index in [1.54, 1.807) is 0 Å². The topological polar surface area (TPSA) is 19.6 Å². The van der Waals surface area contributed by atoms with Gasteiger partial charge < -0.3 is 14.2 Å². The van der Waals surface area contributed by atoms with Gasteiger partial charge in [0, 0.05) is 44.9 Å². The van der Waals surface area contributed by atoms with Gasteiger partial charge in [0.25, 0.3) is 6.71 Å². The Morgan fingerprint density at radius 3 is 1.69 bits per heavy atom. The van der Waals surface area contributed by atoms with Crippen LogP contribution in [0.5, 0.6) is 0 Å². The summed E-state index contributed by atoms with van der Waals surface area (Å²) in [5.41, 5.74) is 24.9. The molecule has 1 aromatic heterocycles. The van der Waals surface area contributed by atoms with Gasteiger partial charge in [-0.1, -0.05) is 137 Å². The molecule has 0 saturated heterocycles. The summed E-state index contributed by atoms with van der Waals surface area (Å²) < 4.78 is 6.35. The van der Waals surface area contributed by atoms with Crippen LogP contribution in [0.2, 0.25) is 0 Å². The SMILES string of the molecule is Cc1cc2c3c(c1)N(c1ccc4c(c1)C(C)(C)CCC4(C)C)c1cc4c(cc1B3c1ccc(C(C)(C)C)cc1N2c1ccc(-c2ccc3c(c2)oc2ccccc23)cc1)C(C)(C)CCC4(C)C. The van der Waals surface area contributed by atoms with Gasteiger partial charge in [-0.3, -0.25) is 0 Å². The number of anilines is 6. The monoisotopic (exact) mass is 877 g/mol. The molecule has 0 spiro atoms. The number of hydrogen-bond acceptors (Lipinski definition) is 3. The van der Waals surface area contributed by atoms with E-state index in [0.717, 1.165) is 33.2 Å². The van der Waals surface area contributed by atoms with Gasteiger partial charge in [0.1, 0.15) is 11.2 Å². The van der Waals surface area contributed by atoms with Gasteiger partial charge in [0.05, 0.1) is 0 Å². The summed E-state index contributed by atoms with van der Waals surface area (Å²) in [6.07, 6.45) is 4.74. The molecule has 336 valence electrons. The molecule has 67 heavy (non-hydrogen) atoms. The molecule has 0 radical (unpaired) electrons. The Morgan fingerprint density at radius 2 is 1.01 bits per heavy atom. The Balaban J connectivity index is 1.10. The Kier molecular flexibility index (Phi) is 8.87. The van der Waals surface area contributed by atoms with Crippen LogP contribution in [0, 0.1) is 6.92 Å². The highest BCUT2D eigenvalue weighted by Gasteiger charge is 2.47. The van der Waals surface area contributed by atoms with E-state index in [2.05, 4.69) is 214 Å². The Morgan fingerprint density at radius 1 is 0.463 bits per heavy atom. The normalized spacial score (nSPS) is 18.3. The van der Waals surface area contributed by atoms with Crippen LogP contribution in [0.15, 0.2) is 132 Å². The molecule has 0 fully saturated rings. The Hall–Kier alpha value is -6.00. The number of fused-ring (bicyclic) bond motifs is 9. The molecule has 8 aromatic rings. The van der Waals surface area contributed by atoms with Gasteiger partial charge >= 0.3 is 0 Å². The summed E-state index contributed by atoms with van der Waals surface area (Å²) >= 11 is 0. The lowest BCUT2D eigenvalue weighted by molar-refractivity contribution is 0.332. The molecule has 0 bridgehead atoms. The average Bonchev–Trinajstić information content (AvgIpc) is 3.66. The fourth-order valence-electron chi connectivity index (χ4n) is 12.6. The predicted octanol–water partition coefficient (Wildman–Crippen LogP) is 15.6. The van der Waals surface area contributed by atoms with Crippen LogP contribution in [0.1, 0.15) is 135 Å². The van der Waals surface area contributed by atoms with Crippen molar-refractivity contribution in [3.05, 3.63) is 161 Å². The Bertz CT molecular complexity index is 3370. The summed E-state index contributed by atoms with van der Waals surface area (Å²) in [7, 11) is 0. The highest BCUT2D eigenvalue weighted by Crippen LogP contribution is 2.53. The molecule has 0 saturated carbocycles. The molecule has 0 unspecified atom stereocenters. The van der Waals surface area contributed by atoms with Crippen molar-refractivity contribution < 1.29 is 4.42 Å². The zero-order chi connectivity index (χ0) is 46.7. The number of hydrogen-bond donors (Lipinski definition) is 0. The number of furan rings is 1. The van der Waals surface area contributed by atoms with Crippen molar-refractivity contribution in [3.63, 3.8) is 0 Å². The van der Waals surface area contributed by atoms with Crippen molar-refractivity contribution >= 4 is 79.2 Å². The highest BCUT2D eigenvalue weighted by molar-refractivity contribution is 7.00. The predicted molar refractivity (Wildman–Crippen MR) is 287 cm³/mol. The quantitative estimate of drug-likeness (QED) is 0.165. The van der Waals surface area contributed by atoms with Crippen molar-refractivity contribution in [2.24, 2.45) is 0 Å². The van der Waals surface area contributed by atoms with Gasteiger partial charge in [0.15, 0.2) is 0 Å². The van der Waals surface area contributed by atoms with Crippen molar-refractivity contribution in [1.82, 2.24) is 0 Å². The number of aryl methyl sites for hydroxylation is 1. The lowest BCUT2D eigenvalue weighted by Gasteiger charge is -2.48. The summed E-state index contributed by atoms with van der Waals surface area (Å²) in [6, 6.07) is 49.4. The van der Waals surface area contributed by atoms with Crippen molar-refractivity contribution in [2.45, 2.75) is 136 Å². The maximum atomic E-state index is 6.35. The minimum Gasteiger partial charge on any atom is -0.456 e. The number of nitrogens with zero attached hydrogens (tertiary/aromatic N) is 2. The first kappa shape index (κ1) is 42.4. The number of rotatable bonds is 3. The molecular weight excluding hydrogens is 812 g/mol. The first-order valence-corrected chi connectivity index (χ1v) is 25.0. The molecule has 2 aliphatic heterocycles. The third kappa shape index (κ3) is 6.37. The van der Waals surface area contributed by atoms with Gasteiger partial charge in [-0.05, 0) is 187 Å². The fraction of sp³-hybridized carbons (Fsp3) is 0.333. The maximum Gasteiger partial charge on any atom is 0.252 e. The molecule has 7 aromatic carbocycles. The molecule has 0 atom stereocenters. The second kappa shape index (κ2) is 14.0. The van der Waals surface area contributed by atoms with Crippen LogP contribution in [-0.2, 0) is 27.1 Å². The molecule has 3 nitrogen and oxygen atoms in total. The van der Waals surface area contributed by atoms with Crippen LogP contribution in [0.3, 0.4) is 0 Å². The smallest absolute Gasteiger partial charge is 0.252 e. The zero-order valence-electron chi connectivity index (χ0n) is 41.8. The largest absolute Gasteiger partial charge is 0.456 e. The van der Waals surface area contributed by atoms with Crippen LogP contribution in [0.4, 0.5) is 34.1 Å². The summed E-state index contributed by atoms with van der Waals surface area (Å²) in [5.74, 6) is 0. The minimum absolute atomic E-state index is 0.0252. The molecule has 0 N–H and O–H groups in total. The summed E-state index contributed by atoms with van der Waals surface area (Å²) in [5, 5.41) is 2.31. The van der Waals surface area contributed by atoms with Crippen LogP contribution < -0.4 is 26.2 Å². The van der Waals surface area contributed by atoms with Crippen LogP contribution in [0.25, 0.3) is 33.1 Å². The maximum absolute atomic E-state index is 6.35. The third-order valence-electron chi connectivity index (χ3n) is 17.0. The van der Waals surface area contributed by atoms with Gasteiger partial charge in [0.2, 0.25) is 0 Å². The lowest BCUT2D eigenvalue weighted by Crippen LogP contribution is -2.62. The van der Waals surface area contributed by atoms with Crippen LogP contribution >= 0.6 is 0 Å². The molecule has 0 amide bonds. The average molecular weight is 877 g/mol. The molecule has 2 aliphatic carbocycles. The standard InChI is InChI=1S/C63H65BN2O/c1-38-31-54-58-55(32-38)66(43-23-25-46-47(35-43)61(7,8)28-27-60(46,5)6)53-37-49-48(62(9,10)29-30-63(49,11)12)36-51(53)64(58)50-26-20-41(59(2,3)4)34-52(50)65(54)42-21-17-39(18-22-42)40-19-24-45-44-15-13-14-16-56(44)67-57(45)33-40/h13-26,31-37H,27-30H2,1-12H3. The second-order valence-electron chi connectivity index (χ2n) is 24.4. The molecule has 4 aliphatic rings. The van der Waals surface area contributed by atoms with Gasteiger partial charge in [-0.15, -0.1) is 0 Å². The number of para-hydroxylation sites is 1. The van der Waals surface area contributed by atoms with Crippen LogP contribution in [-0.4, -0.2) is 6.71 Å². The summed E-state index contributed by atoms with van der Waals surface area (Å²) in [6.45, 7) is 29.1. The van der Waals surface area contributed by atoms with E-state index in [1.165, 1.54) is 109 Å². The third-order valence-corrected chi connectivity index (χ3v) is 17.0. The van der Waals surface area contributed by atoms with Crippen molar-refractivity contribution in [1.29, 1.82) is 0 Å². The Labute approximate surface area is 399 Å². The lowest BCUT2D eigenvalue weighted by atomic mass is 9.33. The van der Waals surface area contributed by atoms with Gasteiger partial charge in [-0.25, -0.2) is 0 Å². The minimum atomic E-state index is -0.0252. The highest BCUT2D eigenvalue weighted by atomic mass is 16.3. The van der Waals surface area contributed by atoms with E-state index >= 15 is 0 Å². The first-order chi connectivity index (χ1) is 31.7. The van der Waals surface area contributed by atoms with Crippen molar-refractivity contribution in [3.8, 4) is 11.1 Å². The fourth-order valence-corrected chi connectivity index (χ4v) is 12.6. The molecule has 4 heteroatoms. The first-order valence-electron chi connectivity index (χ1n) is 25.0. The molecular formula is C63H65BN2O.